The Morgan fingerprint density at radius 3 is 2.20 bits per heavy atom. The highest BCUT2D eigenvalue weighted by Gasteiger charge is 2.12. The van der Waals surface area contributed by atoms with Crippen LogP contribution in [0.15, 0.2) is 34.7 Å². The average Bonchev–Trinajstić information content (AvgIpc) is 2.75. The van der Waals surface area contributed by atoms with Gasteiger partial charge in [0.05, 0.1) is 0 Å². The zero-order valence-electron chi connectivity index (χ0n) is 13.2. The predicted octanol–water partition coefficient (Wildman–Crippen LogP) is 4.87. The van der Waals surface area contributed by atoms with Crippen molar-refractivity contribution < 1.29 is 4.42 Å². The Kier molecular flexibility index (Phi) is 4.66. The first-order valence-corrected chi connectivity index (χ1v) is 7.36. The maximum absolute atomic E-state index is 5.59. The van der Waals surface area contributed by atoms with Crippen LogP contribution in [-0.4, -0.2) is 0 Å². The van der Waals surface area contributed by atoms with Gasteiger partial charge < -0.3 is 9.73 Å². The van der Waals surface area contributed by atoms with Gasteiger partial charge in [-0.1, -0.05) is 38.1 Å². The molecule has 1 aromatic heterocycles. The van der Waals surface area contributed by atoms with Crippen LogP contribution in [0.25, 0.3) is 0 Å². The number of rotatable bonds is 5. The highest BCUT2D eigenvalue weighted by Crippen LogP contribution is 2.21. The molecule has 20 heavy (non-hydrogen) atoms. The number of hydrogen-bond acceptors (Lipinski definition) is 2. The second-order valence-corrected chi connectivity index (χ2v) is 5.87. The summed E-state index contributed by atoms with van der Waals surface area (Å²) in [5.41, 5.74) is 3.96. The average molecular weight is 271 g/mol. The molecule has 0 amide bonds. The highest BCUT2D eigenvalue weighted by molar-refractivity contribution is 5.26. The summed E-state index contributed by atoms with van der Waals surface area (Å²) in [7, 11) is 0. The third kappa shape index (κ3) is 3.51. The van der Waals surface area contributed by atoms with Gasteiger partial charge in [0.2, 0.25) is 0 Å². The van der Waals surface area contributed by atoms with E-state index in [2.05, 4.69) is 56.4 Å². The molecule has 108 valence electrons. The third-order valence-electron chi connectivity index (χ3n) is 3.80. The molecule has 2 heteroatoms. The summed E-state index contributed by atoms with van der Waals surface area (Å²) in [6.07, 6.45) is 0. The number of benzene rings is 1. The molecular formula is C18H25NO. The maximum Gasteiger partial charge on any atom is 0.105 e. The van der Waals surface area contributed by atoms with Crippen molar-refractivity contribution in [1.29, 1.82) is 0 Å². The second kappa shape index (κ2) is 6.27. The SMILES string of the molecule is Cc1cc(C(C)NCc2ccc(C(C)C)cc2)c(C)o1. The van der Waals surface area contributed by atoms with Gasteiger partial charge in [-0.2, -0.15) is 0 Å². The van der Waals surface area contributed by atoms with Crippen molar-refractivity contribution in [2.45, 2.75) is 53.1 Å². The van der Waals surface area contributed by atoms with Gasteiger partial charge in [-0.3, -0.25) is 0 Å². The van der Waals surface area contributed by atoms with Crippen molar-refractivity contribution in [2.24, 2.45) is 0 Å². The van der Waals surface area contributed by atoms with Gasteiger partial charge in [-0.15, -0.1) is 0 Å². The van der Waals surface area contributed by atoms with Gasteiger partial charge >= 0.3 is 0 Å². The van der Waals surface area contributed by atoms with E-state index in [1.807, 2.05) is 13.8 Å². The molecule has 0 saturated heterocycles. The van der Waals surface area contributed by atoms with E-state index in [4.69, 9.17) is 4.42 Å². The van der Waals surface area contributed by atoms with Gasteiger partial charge in [0, 0.05) is 18.2 Å². The summed E-state index contributed by atoms with van der Waals surface area (Å²) in [6, 6.07) is 11.3. The summed E-state index contributed by atoms with van der Waals surface area (Å²) >= 11 is 0. The van der Waals surface area contributed by atoms with Crippen LogP contribution in [0.4, 0.5) is 0 Å². The fourth-order valence-electron chi connectivity index (χ4n) is 2.48. The molecule has 0 spiro atoms. The Balaban J connectivity index is 1.96. The lowest BCUT2D eigenvalue weighted by Crippen LogP contribution is -2.18. The molecule has 2 aromatic rings. The highest BCUT2D eigenvalue weighted by atomic mass is 16.3. The topological polar surface area (TPSA) is 25.2 Å². The standard InChI is InChI=1S/C18H25NO/c1-12(2)17-8-6-16(7-9-17)11-19-14(4)18-10-13(3)20-15(18)5/h6-10,12,14,19H,11H2,1-5H3. The lowest BCUT2D eigenvalue weighted by molar-refractivity contribution is 0.489. The van der Waals surface area contributed by atoms with E-state index >= 15 is 0 Å². The molecule has 0 fully saturated rings. The summed E-state index contributed by atoms with van der Waals surface area (Å²) in [6.45, 7) is 11.5. The van der Waals surface area contributed by atoms with Gasteiger partial charge in [-0.25, -0.2) is 0 Å². The normalized spacial score (nSPS) is 12.9. The van der Waals surface area contributed by atoms with Crippen molar-refractivity contribution >= 4 is 0 Å². The van der Waals surface area contributed by atoms with E-state index in [0.717, 1.165) is 18.1 Å². The van der Waals surface area contributed by atoms with Crippen molar-refractivity contribution in [3.05, 3.63) is 58.5 Å². The minimum atomic E-state index is 0.303. The lowest BCUT2D eigenvalue weighted by Gasteiger charge is -2.14. The first-order valence-electron chi connectivity index (χ1n) is 7.36. The summed E-state index contributed by atoms with van der Waals surface area (Å²) in [4.78, 5) is 0. The Morgan fingerprint density at radius 1 is 1.05 bits per heavy atom. The molecule has 0 aliphatic rings. The van der Waals surface area contributed by atoms with Gasteiger partial charge in [0.25, 0.3) is 0 Å². The first-order chi connectivity index (χ1) is 9.47. The molecule has 1 heterocycles. The van der Waals surface area contributed by atoms with Crippen LogP contribution < -0.4 is 5.32 Å². The predicted molar refractivity (Wildman–Crippen MR) is 84.0 cm³/mol. The summed E-state index contributed by atoms with van der Waals surface area (Å²) in [5, 5.41) is 3.56. The molecule has 2 nitrogen and oxygen atoms in total. The van der Waals surface area contributed by atoms with E-state index in [1.165, 1.54) is 16.7 Å². The lowest BCUT2D eigenvalue weighted by atomic mass is 10.0. The van der Waals surface area contributed by atoms with Crippen molar-refractivity contribution in [3.63, 3.8) is 0 Å². The fourth-order valence-corrected chi connectivity index (χ4v) is 2.48. The van der Waals surface area contributed by atoms with Crippen LogP contribution in [0.1, 0.15) is 60.9 Å². The molecule has 1 atom stereocenters. The number of aryl methyl sites for hydroxylation is 2. The Bertz CT molecular complexity index is 551. The minimum absolute atomic E-state index is 0.303. The van der Waals surface area contributed by atoms with Gasteiger partial charge in [0.15, 0.2) is 0 Å². The van der Waals surface area contributed by atoms with Crippen LogP contribution in [0, 0.1) is 13.8 Å². The van der Waals surface area contributed by atoms with Crippen LogP contribution in [0.2, 0.25) is 0 Å². The smallest absolute Gasteiger partial charge is 0.105 e. The van der Waals surface area contributed by atoms with Crippen molar-refractivity contribution in [2.75, 3.05) is 0 Å². The molecule has 0 saturated carbocycles. The largest absolute Gasteiger partial charge is 0.466 e. The molecule has 0 aliphatic heterocycles. The molecule has 1 aromatic carbocycles. The minimum Gasteiger partial charge on any atom is -0.466 e. The fraction of sp³-hybridized carbons (Fsp3) is 0.444. The molecule has 2 rings (SSSR count). The zero-order valence-corrected chi connectivity index (χ0v) is 13.2. The molecule has 0 bridgehead atoms. The van der Waals surface area contributed by atoms with Crippen LogP contribution in [-0.2, 0) is 6.54 Å². The molecule has 1 unspecified atom stereocenters. The van der Waals surface area contributed by atoms with Gasteiger partial charge in [-0.05, 0) is 43.9 Å². The van der Waals surface area contributed by atoms with E-state index < -0.39 is 0 Å². The van der Waals surface area contributed by atoms with Crippen molar-refractivity contribution in [3.8, 4) is 0 Å². The maximum atomic E-state index is 5.59. The van der Waals surface area contributed by atoms with Gasteiger partial charge in [0.1, 0.15) is 11.5 Å². The van der Waals surface area contributed by atoms with E-state index in [-0.39, 0.29) is 0 Å². The monoisotopic (exact) mass is 271 g/mol. The van der Waals surface area contributed by atoms with E-state index in [9.17, 15) is 0 Å². The van der Waals surface area contributed by atoms with Crippen molar-refractivity contribution in [1.82, 2.24) is 5.32 Å². The number of furan rings is 1. The van der Waals surface area contributed by atoms with Crippen LogP contribution >= 0.6 is 0 Å². The third-order valence-corrected chi connectivity index (χ3v) is 3.80. The molecule has 0 radical (unpaired) electrons. The molecule has 1 N–H and O–H groups in total. The Morgan fingerprint density at radius 2 is 1.70 bits per heavy atom. The van der Waals surface area contributed by atoms with E-state index in [0.29, 0.717) is 12.0 Å². The number of nitrogens with one attached hydrogen (secondary N) is 1. The second-order valence-electron chi connectivity index (χ2n) is 5.87. The zero-order chi connectivity index (χ0) is 14.7. The Hall–Kier alpha value is -1.54. The van der Waals surface area contributed by atoms with Crippen LogP contribution in [0.5, 0.6) is 0 Å². The first kappa shape index (κ1) is 14.9. The Labute approximate surface area is 122 Å². The quantitative estimate of drug-likeness (QED) is 0.839. The molecular weight excluding hydrogens is 246 g/mol. The van der Waals surface area contributed by atoms with E-state index in [1.54, 1.807) is 0 Å². The number of hydrogen-bond donors (Lipinski definition) is 1. The summed E-state index contributed by atoms with van der Waals surface area (Å²) < 4.78 is 5.59. The molecule has 0 aliphatic carbocycles. The van der Waals surface area contributed by atoms with Crippen LogP contribution in [0.3, 0.4) is 0 Å². The summed E-state index contributed by atoms with van der Waals surface area (Å²) in [5.74, 6) is 2.58.